The van der Waals surface area contributed by atoms with Gasteiger partial charge in [-0.05, 0) is 62.2 Å². The summed E-state index contributed by atoms with van der Waals surface area (Å²) in [7, 11) is -4.08. The summed E-state index contributed by atoms with van der Waals surface area (Å²) < 4.78 is 33.5. The van der Waals surface area contributed by atoms with Crippen LogP contribution in [0.2, 0.25) is 0 Å². The normalized spacial score (nSPS) is 12.0. The highest BCUT2D eigenvalue weighted by Crippen LogP contribution is 2.31. The third-order valence-corrected chi connectivity index (χ3v) is 6.91. The largest absolute Gasteiger partial charge is 0.443 e. The highest BCUT2D eigenvalue weighted by atomic mass is 32.2. The summed E-state index contributed by atoms with van der Waals surface area (Å²) in [4.78, 5) is 21.2. The molecule has 5 aromatic rings. The van der Waals surface area contributed by atoms with Crippen LogP contribution >= 0.6 is 0 Å². The Morgan fingerprint density at radius 2 is 1.74 bits per heavy atom. The number of amides is 1. The molecule has 1 amide bonds. The SMILES string of the molecule is CC(C)(C)OC(=O)NS(=O)(=O)C=Cc1cccc(-c2nc(NCc3ccccn3)c3c(-c4ccccc4)ccn3n2)c1. The number of carbonyl (C=O) groups is 1. The van der Waals surface area contributed by atoms with E-state index in [2.05, 4.69) is 10.3 Å². The predicted octanol–water partition coefficient (Wildman–Crippen LogP) is 5.90. The minimum atomic E-state index is -4.08. The van der Waals surface area contributed by atoms with Gasteiger partial charge in [0.1, 0.15) is 11.1 Å². The van der Waals surface area contributed by atoms with Gasteiger partial charge in [-0.3, -0.25) is 4.98 Å². The van der Waals surface area contributed by atoms with Gasteiger partial charge in [0.2, 0.25) is 0 Å². The third-order valence-electron chi connectivity index (χ3n) is 5.97. The van der Waals surface area contributed by atoms with E-state index in [1.165, 1.54) is 6.08 Å². The molecule has 10 nitrogen and oxygen atoms in total. The number of ether oxygens (including phenoxy) is 1. The minimum Gasteiger partial charge on any atom is -0.443 e. The number of nitrogens with zero attached hydrogens (tertiary/aromatic N) is 4. The van der Waals surface area contributed by atoms with Crippen molar-refractivity contribution >= 4 is 33.5 Å². The molecule has 0 bridgehead atoms. The number of benzene rings is 2. The van der Waals surface area contributed by atoms with Crippen LogP contribution in [0, 0.1) is 0 Å². The molecule has 0 fully saturated rings. The van der Waals surface area contributed by atoms with Crippen LogP contribution in [0.5, 0.6) is 0 Å². The van der Waals surface area contributed by atoms with Gasteiger partial charge in [-0.2, -0.15) is 0 Å². The molecule has 3 heterocycles. The molecule has 11 heteroatoms. The average Bonchev–Trinajstić information content (AvgIpc) is 3.39. The van der Waals surface area contributed by atoms with Gasteiger partial charge in [0.05, 0.1) is 17.6 Å². The van der Waals surface area contributed by atoms with E-state index in [0.717, 1.165) is 27.7 Å². The van der Waals surface area contributed by atoms with E-state index in [1.54, 1.807) is 49.7 Å². The number of hydrogen-bond acceptors (Lipinski definition) is 8. The highest BCUT2D eigenvalue weighted by Gasteiger charge is 2.20. The summed E-state index contributed by atoms with van der Waals surface area (Å²) in [6.45, 7) is 5.40. The summed E-state index contributed by atoms with van der Waals surface area (Å²) in [5, 5.41) is 9.10. The fourth-order valence-corrected chi connectivity index (χ4v) is 4.87. The number of pyridine rings is 1. The Labute approximate surface area is 244 Å². The van der Waals surface area contributed by atoms with Crippen LogP contribution in [0.3, 0.4) is 0 Å². The molecule has 0 radical (unpaired) electrons. The minimum absolute atomic E-state index is 0.436. The van der Waals surface area contributed by atoms with Crippen molar-refractivity contribution in [2.24, 2.45) is 0 Å². The van der Waals surface area contributed by atoms with E-state index < -0.39 is 21.7 Å². The van der Waals surface area contributed by atoms with Crippen molar-refractivity contribution in [3.63, 3.8) is 0 Å². The van der Waals surface area contributed by atoms with Gasteiger partial charge >= 0.3 is 6.09 Å². The summed E-state index contributed by atoms with van der Waals surface area (Å²) in [6.07, 6.45) is 3.97. The Kier molecular flexibility index (Phi) is 8.03. The van der Waals surface area contributed by atoms with E-state index in [-0.39, 0.29) is 0 Å². The zero-order chi connectivity index (χ0) is 29.7. The smallest absolute Gasteiger partial charge is 0.421 e. The lowest BCUT2D eigenvalue weighted by Crippen LogP contribution is -2.35. The maximum atomic E-state index is 12.4. The Morgan fingerprint density at radius 3 is 2.48 bits per heavy atom. The number of hydrogen-bond donors (Lipinski definition) is 2. The van der Waals surface area contributed by atoms with Crippen LogP contribution < -0.4 is 10.0 Å². The first kappa shape index (κ1) is 28.5. The number of aromatic nitrogens is 4. The van der Waals surface area contributed by atoms with Gasteiger partial charge in [0.15, 0.2) is 11.6 Å². The number of carbonyl (C=O) groups excluding carboxylic acids is 1. The first-order valence-corrected chi connectivity index (χ1v) is 14.7. The number of anilines is 1. The molecule has 0 unspecified atom stereocenters. The average molecular weight is 583 g/mol. The van der Waals surface area contributed by atoms with Crippen LogP contribution in [0.15, 0.2) is 96.7 Å². The molecule has 5 rings (SSSR count). The number of fused-ring (bicyclic) bond motifs is 1. The molecule has 0 aliphatic rings. The highest BCUT2D eigenvalue weighted by molar-refractivity contribution is 7.93. The van der Waals surface area contributed by atoms with Crippen molar-refractivity contribution in [1.29, 1.82) is 0 Å². The monoisotopic (exact) mass is 582 g/mol. The molecule has 42 heavy (non-hydrogen) atoms. The fourth-order valence-electron chi connectivity index (χ4n) is 4.20. The van der Waals surface area contributed by atoms with Crippen LogP contribution in [-0.2, 0) is 21.3 Å². The number of rotatable bonds is 8. The lowest BCUT2D eigenvalue weighted by molar-refractivity contribution is 0.0571. The standard InChI is InChI=1S/C31H30N6O4S/c1-31(2,3)41-30(38)36-42(39,40)19-16-22-10-9-13-24(20-22)28-34-29(33-21-25-14-7-8-17-32-25)27-26(15-18-37(27)35-28)23-11-5-4-6-12-23/h4-20H,21H2,1-3H3,(H,36,38)(H,33,34,35). The fraction of sp³-hybridized carbons (Fsp3) is 0.161. The van der Waals surface area contributed by atoms with Crippen molar-refractivity contribution < 1.29 is 17.9 Å². The maximum absolute atomic E-state index is 12.4. The van der Waals surface area contributed by atoms with Crippen LogP contribution in [0.25, 0.3) is 34.1 Å². The molecule has 0 aliphatic heterocycles. The van der Waals surface area contributed by atoms with E-state index in [0.29, 0.717) is 29.3 Å². The quantitative estimate of drug-likeness (QED) is 0.232. The van der Waals surface area contributed by atoms with Gasteiger partial charge in [0, 0.05) is 23.5 Å². The molecule has 3 aromatic heterocycles. The van der Waals surface area contributed by atoms with Gasteiger partial charge in [-0.25, -0.2) is 27.4 Å². The van der Waals surface area contributed by atoms with Gasteiger partial charge < -0.3 is 10.1 Å². The topological polar surface area (TPSA) is 128 Å². The zero-order valence-corrected chi connectivity index (χ0v) is 24.2. The molecule has 214 valence electrons. The lowest BCUT2D eigenvalue weighted by atomic mass is 10.1. The molecular formula is C31H30N6O4S. The molecule has 2 N–H and O–H groups in total. The number of sulfonamides is 1. The van der Waals surface area contributed by atoms with Gasteiger partial charge in [-0.15, -0.1) is 5.10 Å². The van der Waals surface area contributed by atoms with Crippen molar-refractivity contribution in [3.05, 3.63) is 108 Å². The summed E-state index contributed by atoms with van der Waals surface area (Å²) >= 11 is 0. The van der Waals surface area contributed by atoms with E-state index in [9.17, 15) is 13.2 Å². The van der Waals surface area contributed by atoms with Crippen LogP contribution in [-0.4, -0.2) is 39.7 Å². The van der Waals surface area contributed by atoms with Crippen molar-refractivity contribution in [3.8, 4) is 22.5 Å². The molecule has 0 atom stereocenters. The molecule has 0 saturated heterocycles. The van der Waals surface area contributed by atoms with Gasteiger partial charge in [0.25, 0.3) is 10.0 Å². The van der Waals surface area contributed by atoms with Crippen LogP contribution in [0.4, 0.5) is 10.6 Å². The predicted molar refractivity (Wildman–Crippen MR) is 163 cm³/mol. The Hall–Kier alpha value is -5.03. The van der Waals surface area contributed by atoms with E-state index in [1.807, 2.05) is 71.6 Å². The molecule has 2 aromatic carbocycles. The molecular weight excluding hydrogens is 552 g/mol. The maximum Gasteiger partial charge on any atom is 0.421 e. The van der Waals surface area contributed by atoms with E-state index in [4.69, 9.17) is 14.8 Å². The lowest BCUT2D eigenvalue weighted by Gasteiger charge is -2.19. The second-order valence-electron chi connectivity index (χ2n) is 10.4. The molecule has 0 spiro atoms. The molecule has 0 saturated carbocycles. The summed E-state index contributed by atoms with van der Waals surface area (Å²) in [6, 6.07) is 24.9. The van der Waals surface area contributed by atoms with Crippen molar-refractivity contribution in [2.45, 2.75) is 32.9 Å². The van der Waals surface area contributed by atoms with Crippen LogP contribution in [0.1, 0.15) is 32.0 Å². The Morgan fingerprint density at radius 1 is 0.976 bits per heavy atom. The molecule has 0 aliphatic carbocycles. The Bertz CT molecular complexity index is 1850. The van der Waals surface area contributed by atoms with Crippen molar-refractivity contribution in [1.82, 2.24) is 24.3 Å². The first-order chi connectivity index (χ1) is 20.1. The third kappa shape index (κ3) is 7.18. The summed E-state index contributed by atoms with van der Waals surface area (Å²) in [5.74, 6) is 1.06. The van der Waals surface area contributed by atoms with Gasteiger partial charge in [-0.1, -0.05) is 54.6 Å². The summed E-state index contributed by atoms with van der Waals surface area (Å²) in [5.41, 5.74) is 4.11. The first-order valence-electron chi connectivity index (χ1n) is 13.2. The Balaban J connectivity index is 1.47. The van der Waals surface area contributed by atoms with Crippen molar-refractivity contribution in [2.75, 3.05) is 5.32 Å². The zero-order valence-electron chi connectivity index (χ0n) is 23.4. The van der Waals surface area contributed by atoms with E-state index >= 15 is 0 Å². The second-order valence-corrected chi connectivity index (χ2v) is 12.0. The second kappa shape index (κ2) is 11.8. The number of nitrogens with one attached hydrogen (secondary N) is 2.